The Kier molecular flexibility index (Phi) is 56.8. The van der Waals surface area contributed by atoms with Gasteiger partial charge in [-0.05, 0) is 144 Å². The fourth-order valence-electron chi connectivity index (χ4n) is 6.75. The number of nitrogens with two attached hydrogens (primary N) is 3. The van der Waals surface area contributed by atoms with Gasteiger partial charge in [-0.1, -0.05) is 104 Å². The molecule has 0 saturated carbocycles. The molecule has 583 valence electrons. The Bertz CT molecular complexity index is 4340. The van der Waals surface area contributed by atoms with Gasteiger partial charge in [-0.25, -0.2) is 48.8 Å². The van der Waals surface area contributed by atoms with E-state index < -0.39 is 102 Å². The normalized spacial score (nSPS) is 11.2. The summed E-state index contributed by atoms with van der Waals surface area (Å²) in [5.41, 5.74) is 16.9. The summed E-state index contributed by atoms with van der Waals surface area (Å²) in [5.74, 6) is -7.51. The molecule has 0 atom stereocenters. The van der Waals surface area contributed by atoms with Crippen molar-refractivity contribution in [2.24, 2.45) is 4.30 Å². The first-order chi connectivity index (χ1) is 45.8. The third kappa shape index (κ3) is 35.7. The molecular formula is C62H81B2Br2Cl3F9N13NaO11S3. The first-order valence-corrected chi connectivity index (χ1v) is 33.1. The topological polar surface area (TPSA) is 397 Å². The SMILES string of the molecule is C.C.C.C.C.CCc1cc(B2OC(C)(C)C(C)(C)O2)cc2cnc(F)nc12.COc1ccc(F)c(N)n1.COc1nc(N)c(F)cc1Br.COc1nc(NS(=O)(=O)c2ccccc2Cl)c(F)cc1Br.C[O-].Fc1ccc(F)c(F)n1.N.Nc1nc(F)ccc1F.O.O=S(=O)(Cl)c1ccccc1Cl.[B]=NS.[Na+]. The van der Waals surface area contributed by atoms with Crippen LogP contribution in [0.4, 0.5) is 62.8 Å². The molecule has 1 aliphatic heterocycles. The smallest absolute Gasteiger partial charge is 1.00 e. The van der Waals surface area contributed by atoms with Crippen LogP contribution in [-0.2, 0) is 34.8 Å². The fourth-order valence-corrected chi connectivity index (χ4v) is 10.7. The van der Waals surface area contributed by atoms with E-state index >= 15 is 0 Å². The van der Waals surface area contributed by atoms with Gasteiger partial charge in [0, 0.05) is 28.3 Å². The summed E-state index contributed by atoms with van der Waals surface area (Å²) in [5, 5.41) is 9.21. The van der Waals surface area contributed by atoms with Gasteiger partial charge < -0.3 is 57.5 Å². The van der Waals surface area contributed by atoms with E-state index in [-0.39, 0.29) is 126 Å². The summed E-state index contributed by atoms with van der Waals surface area (Å²) in [4.78, 5) is 23.9. The van der Waals surface area contributed by atoms with Crippen LogP contribution < -0.4 is 82.4 Å². The summed E-state index contributed by atoms with van der Waals surface area (Å²) in [6.07, 6.45) is 1.55. The number of ether oxygens (including phenoxy) is 3. The van der Waals surface area contributed by atoms with Crippen LogP contribution in [0.3, 0.4) is 0 Å². The van der Waals surface area contributed by atoms with Crippen molar-refractivity contribution in [3.05, 3.63) is 193 Å². The van der Waals surface area contributed by atoms with Gasteiger partial charge >= 0.3 is 67.5 Å². The molecule has 0 unspecified atom stereocenters. The number of pyridine rings is 5. The van der Waals surface area contributed by atoms with E-state index in [4.69, 9.17) is 79.7 Å². The number of aromatic nitrogens is 7. The number of benzene rings is 3. The van der Waals surface area contributed by atoms with Gasteiger partial charge in [0.2, 0.25) is 29.5 Å². The van der Waals surface area contributed by atoms with Gasteiger partial charge in [-0.15, -0.1) is 0 Å². The number of nitrogens with one attached hydrogen (secondary N) is 1. The number of halogens is 14. The maximum Gasteiger partial charge on any atom is 1.00 e. The number of anilines is 4. The summed E-state index contributed by atoms with van der Waals surface area (Å²) < 4.78 is 190. The molecule has 1 radical (unpaired) electrons. The second-order valence-corrected chi connectivity index (χ2v) is 25.9. The van der Waals surface area contributed by atoms with E-state index in [2.05, 4.69) is 91.5 Å². The molecular weight excluding hydrogens is 1680 g/mol. The zero-order valence-electron chi connectivity index (χ0n) is 54.5. The van der Waals surface area contributed by atoms with E-state index in [9.17, 15) is 56.3 Å². The molecule has 10 rings (SSSR count). The van der Waals surface area contributed by atoms with Crippen molar-refractivity contribution in [1.82, 2.24) is 41.0 Å². The zero-order chi connectivity index (χ0) is 74.6. The van der Waals surface area contributed by atoms with Crippen molar-refractivity contribution in [1.29, 1.82) is 0 Å². The zero-order valence-corrected chi connectivity index (χ0v) is 64.5. The molecule has 7 heterocycles. The van der Waals surface area contributed by atoms with Crippen molar-refractivity contribution < 1.29 is 120 Å². The average Bonchev–Trinajstić information content (AvgIpc) is 1.61. The minimum atomic E-state index is -4.06. The third-order valence-electron chi connectivity index (χ3n) is 12.0. The van der Waals surface area contributed by atoms with Crippen molar-refractivity contribution >= 4 is 152 Å². The Labute approximate surface area is 672 Å². The predicted octanol–water partition coefficient (Wildman–Crippen LogP) is 11.9. The first kappa shape index (κ1) is 113. The molecule has 1 fully saturated rings. The van der Waals surface area contributed by atoms with Crippen LogP contribution in [0, 0.1) is 53.0 Å². The molecule has 6 aromatic heterocycles. The Morgan fingerprint density at radius 2 is 1.05 bits per heavy atom. The van der Waals surface area contributed by atoms with Crippen molar-refractivity contribution in [3.8, 4) is 17.6 Å². The standard InChI is InChI=1S/C16H20BFN2O2.C12H9BrClFN2O3S.C6H6BrFN2O.C6H4Cl2O2S.C6H7FN2O.C5H2F3N.C5H4F2N2.CH3O.5CH4.BHNS.H3N.Na.H2O/c1-6-10-7-12(8-11-9-19-14(18)20-13(10)11)17-21-15(2,3)16(4,5)22-17;1-20-12-7(13)6-9(15)11(16-12)17-21(18,19)10-5-3-2-4-8(10)14;1-11-6-3(7)2-4(8)5(9)10-6;7-5-3-1-2-4-6(5)11(8,9)10;1-10-5-3-2-4(7)6(8)9-5;2*6-3-1-2-4(7)9-5(3)8;1-2;;;;;;1-2-3;;;/h7-9H,6H2,1-5H3;2-6H,1H3,(H,16,17);2H,1H3,(H2,9,10);1-4H;2-3H,1H3,(H2,8,9);1-2H;1-2H,(H2,8,9);1H3;5*1H4;3H;1H3;;1H2/q;;;;;;;-1;;;;;;;;+1;. The summed E-state index contributed by atoms with van der Waals surface area (Å²) in [7, 11) is 6.15. The van der Waals surface area contributed by atoms with E-state index in [0.717, 1.165) is 54.2 Å². The Hall–Kier alpha value is -6.47. The number of methoxy groups -OCH3 is 3. The number of hydrogen-bond donors (Lipinski definition) is 6. The van der Waals surface area contributed by atoms with Gasteiger partial charge in [-0.3, -0.25) is 4.72 Å². The number of aryl methyl sites for hydroxylation is 1. The monoisotopic (exact) mass is 1760 g/mol. The van der Waals surface area contributed by atoms with Crippen molar-refractivity contribution in [3.63, 3.8) is 0 Å². The van der Waals surface area contributed by atoms with Crippen LogP contribution in [0.15, 0.2) is 138 Å². The van der Waals surface area contributed by atoms with Crippen LogP contribution in [0.25, 0.3) is 10.9 Å². The van der Waals surface area contributed by atoms with Crippen LogP contribution in [0.1, 0.15) is 77.3 Å². The summed E-state index contributed by atoms with van der Waals surface area (Å²) in [6, 6.07) is 23.9. The molecule has 3 aromatic carbocycles. The van der Waals surface area contributed by atoms with E-state index in [0.29, 0.717) is 21.9 Å². The fraction of sp³-hybridized carbons (Fsp3) is 0.274. The van der Waals surface area contributed by atoms with Gasteiger partial charge in [0.25, 0.3) is 25.0 Å². The summed E-state index contributed by atoms with van der Waals surface area (Å²) >= 11 is 20.7. The predicted molar refractivity (Wildman–Crippen MR) is 406 cm³/mol. The number of sulfonamides is 1. The van der Waals surface area contributed by atoms with Crippen LogP contribution in [0.5, 0.6) is 17.6 Å². The first-order valence-electron chi connectivity index (χ1n) is 26.6. The van der Waals surface area contributed by atoms with E-state index in [1.165, 1.54) is 76.1 Å². The molecule has 0 spiro atoms. The molecule has 106 heavy (non-hydrogen) atoms. The van der Waals surface area contributed by atoms with E-state index in [1.54, 1.807) is 18.2 Å². The maximum absolute atomic E-state index is 13.8. The maximum atomic E-state index is 13.8. The summed E-state index contributed by atoms with van der Waals surface area (Å²) in [6.45, 7) is 10.1. The third-order valence-corrected chi connectivity index (χ3v) is 16.8. The molecule has 0 amide bonds. The molecule has 12 N–H and O–H groups in total. The largest absolute Gasteiger partial charge is 1.00 e. The number of thiol groups is 1. The van der Waals surface area contributed by atoms with Crippen molar-refractivity contribution in [2.45, 2.75) is 99.2 Å². The Morgan fingerprint density at radius 1 is 0.623 bits per heavy atom. The molecule has 44 heteroatoms. The Balaban J connectivity index is -0.000000217. The van der Waals surface area contributed by atoms with Crippen molar-refractivity contribution in [2.75, 3.05) is 50.4 Å². The van der Waals surface area contributed by atoms with Gasteiger partial charge in [0.1, 0.15) is 9.79 Å². The molecule has 24 nitrogen and oxygen atoms in total. The number of fused-ring (bicyclic) bond motifs is 1. The number of rotatable bonds is 9. The quantitative estimate of drug-likeness (QED) is 0.0195. The van der Waals surface area contributed by atoms with Crippen LogP contribution in [0.2, 0.25) is 10.0 Å². The van der Waals surface area contributed by atoms with E-state index in [1.807, 2.05) is 51.5 Å². The van der Waals surface area contributed by atoms with Crippen LogP contribution >= 0.6 is 78.6 Å². The van der Waals surface area contributed by atoms with Crippen LogP contribution in [-0.4, -0.2) is 112 Å². The van der Waals surface area contributed by atoms with Gasteiger partial charge in [-0.2, -0.15) is 49.6 Å². The number of hydrogen-bond acceptors (Lipinski definition) is 23. The molecule has 1 saturated heterocycles. The number of nitrogens with zero attached hydrogens (tertiary/aromatic N) is 8. The second-order valence-electron chi connectivity index (χ2n) is 19.0. The average molecular weight is 1760 g/mol. The Morgan fingerprint density at radius 3 is 1.45 bits per heavy atom. The molecule has 0 bridgehead atoms. The molecule has 9 aromatic rings. The molecule has 0 aliphatic carbocycles. The van der Waals surface area contributed by atoms with Gasteiger partial charge in [0.05, 0.1) is 57.0 Å². The minimum absolute atomic E-state index is 0. The minimum Gasteiger partial charge on any atom is 1.00 e. The number of nitrogen functional groups attached to an aromatic ring is 3. The van der Waals surface area contributed by atoms with Gasteiger partial charge in [0.15, 0.2) is 52.4 Å². The second kappa shape index (κ2) is 53.4. The molecule has 1 aliphatic rings.